The van der Waals surface area contributed by atoms with Crippen molar-refractivity contribution in [2.75, 3.05) is 0 Å². The van der Waals surface area contributed by atoms with Crippen LogP contribution in [0, 0.1) is 7.43 Å². The highest BCUT2D eigenvalue weighted by Crippen LogP contribution is 2.78. The summed E-state index contributed by atoms with van der Waals surface area (Å²) in [7, 11) is 0. The Hall–Kier alpha value is 1.59. The maximum atomic E-state index is 4.94. The molecule has 0 N–H and O–H groups in total. The highest BCUT2D eigenvalue weighted by atomic mass is 36.2. The third-order valence-corrected chi connectivity index (χ3v) is 0. The Morgan fingerprint density at radius 2 is 0.833 bits per heavy atom. The van der Waals surface area contributed by atoms with Crippen LogP contribution in [0.4, 0.5) is 0 Å². The standard InChI is InChI=1S/C.Cl4P/c;1-5(2,3)4. The summed E-state index contributed by atoms with van der Waals surface area (Å²) in [6, 6.07) is 0. The quantitative estimate of drug-likeness (QED) is 0.504. The smallest absolute Gasteiger partial charge is 0.0512 e. The third kappa shape index (κ3) is 46.6. The van der Waals surface area contributed by atoms with E-state index >= 15 is 0 Å². The molecule has 5 heteroatoms. The summed E-state index contributed by atoms with van der Waals surface area (Å²) in [6.45, 7) is 0. The largest absolute Gasteiger partial charge is 0.205 e. The molecule has 0 bridgehead atoms. The van der Waals surface area contributed by atoms with Gasteiger partial charge < -0.3 is 0 Å². The van der Waals surface area contributed by atoms with Crippen molar-refractivity contribution in [2.24, 2.45) is 0 Å². The second kappa shape index (κ2) is 3.57. The molecule has 0 heterocycles. The van der Waals surface area contributed by atoms with Gasteiger partial charge in [0.05, 0.1) is 0 Å². The fourth-order valence-electron chi connectivity index (χ4n) is 0. The van der Waals surface area contributed by atoms with Crippen LogP contribution in [0.1, 0.15) is 0 Å². The zero-order chi connectivity index (χ0) is 4.50. The fraction of sp³-hybridized carbons (Fsp3) is 0. The van der Waals surface area contributed by atoms with Crippen LogP contribution in [0.3, 0.4) is 0 Å². The van der Waals surface area contributed by atoms with E-state index in [9.17, 15) is 0 Å². The Kier molecular flexibility index (Phi) is 6.28. The molecule has 0 amide bonds. The summed E-state index contributed by atoms with van der Waals surface area (Å²) in [5, 5.41) is 0. The summed E-state index contributed by atoms with van der Waals surface area (Å²) >= 11 is 19.8. The zero-order valence-electron chi connectivity index (χ0n) is 2.46. The maximum absolute atomic E-state index is 4.94. The normalized spacial score (nSPS) is 10.0. The zero-order valence-corrected chi connectivity index (χ0v) is 6.38. The molecular weight excluding hydrogens is 185 g/mol. The van der Waals surface area contributed by atoms with E-state index in [1.54, 1.807) is 0 Å². The first-order valence-corrected chi connectivity index (χ1v) is 6.09. The minimum atomic E-state index is -2.50. The summed E-state index contributed by atoms with van der Waals surface area (Å²) in [5.74, 6) is 0. The van der Waals surface area contributed by atoms with E-state index in [0.29, 0.717) is 0 Å². The van der Waals surface area contributed by atoms with Crippen molar-refractivity contribution in [2.45, 2.75) is 0 Å². The molecule has 0 aromatic heterocycles. The molecule has 37 valence electrons. The molecule has 0 aliphatic heterocycles. The van der Waals surface area contributed by atoms with Gasteiger partial charge in [-0.05, 0) is 0 Å². The van der Waals surface area contributed by atoms with E-state index in [0.717, 1.165) is 0 Å². The van der Waals surface area contributed by atoms with Gasteiger partial charge in [-0.2, -0.15) is 0 Å². The highest BCUT2D eigenvalue weighted by molar-refractivity contribution is 8.46. The second-order valence-electron chi connectivity index (χ2n) is 0.383. The van der Waals surface area contributed by atoms with Crippen LogP contribution in [-0.2, 0) is 0 Å². The van der Waals surface area contributed by atoms with E-state index in [1.807, 2.05) is 0 Å². The molecule has 0 spiro atoms. The Bertz CT molecular complexity index is 23.0. The van der Waals surface area contributed by atoms with E-state index < -0.39 is 4.67 Å². The lowest BCUT2D eigenvalue weighted by molar-refractivity contribution is 3.24. The van der Waals surface area contributed by atoms with Gasteiger partial charge in [0.15, 0.2) is 0 Å². The Balaban J connectivity index is 0. The molecule has 0 unspecified atom stereocenters. The van der Waals surface area contributed by atoms with Gasteiger partial charge in [-0.3, -0.25) is 0 Å². The fourth-order valence-corrected chi connectivity index (χ4v) is 0. The van der Waals surface area contributed by atoms with Gasteiger partial charge in [0.25, 0.3) is 0 Å². The minimum absolute atomic E-state index is 0. The van der Waals surface area contributed by atoms with E-state index in [-0.39, 0.29) is 7.43 Å². The topological polar surface area (TPSA) is 0 Å². The molecule has 0 atom stereocenters. The second-order valence-corrected chi connectivity index (χ2v) is 10.3. The van der Waals surface area contributed by atoms with Crippen LogP contribution >= 0.6 is 49.6 Å². The van der Waals surface area contributed by atoms with Crippen molar-refractivity contribution in [1.29, 1.82) is 0 Å². The lowest BCUT2D eigenvalue weighted by Gasteiger charge is -1.93. The number of hydrogen-bond donors (Lipinski definition) is 0. The van der Waals surface area contributed by atoms with E-state index in [2.05, 4.69) is 0 Å². The molecule has 0 saturated heterocycles. The van der Waals surface area contributed by atoms with Crippen molar-refractivity contribution < 1.29 is 0 Å². The number of rotatable bonds is 0. The average molecular weight is 185 g/mol. The number of hydrogen-bond acceptors (Lipinski definition) is 0. The minimum Gasteiger partial charge on any atom is -0.0512 e. The molecule has 0 aromatic rings. The summed E-state index contributed by atoms with van der Waals surface area (Å²) in [4.78, 5) is 0. The Labute approximate surface area is 57.2 Å². The molecule has 0 fully saturated rings. The highest BCUT2D eigenvalue weighted by Gasteiger charge is 2.08. The van der Waals surface area contributed by atoms with Crippen LogP contribution in [0.25, 0.3) is 0 Å². The van der Waals surface area contributed by atoms with Crippen LogP contribution in [0.5, 0.6) is 0 Å². The van der Waals surface area contributed by atoms with Crippen LogP contribution < -0.4 is 0 Å². The van der Waals surface area contributed by atoms with Gasteiger partial charge in [-0.1, -0.05) is 45.0 Å². The van der Waals surface area contributed by atoms with Gasteiger partial charge in [-0.15, -0.1) is 0 Å². The predicted octanol–water partition coefficient (Wildman–Crippen LogP) is 3.70. The molecule has 6 heavy (non-hydrogen) atoms. The predicted molar refractivity (Wildman–Crippen MR) is 33.6 cm³/mol. The van der Waals surface area contributed by atoms with Crippen LogP contribution in [0.2, 0.25) is 0 Å². The van der Waals surface area contributed by atoms with Gasteiger partial charge in [-0.25, -0.2) is 0 Å². The molecule has 0 rings (SSSR count). The number of halogens is 4. The summed E-state index contributed by atoms with van der Waals surface area (Å²) < 4.78 is -2.50. The van der Waals surface area contributed by atoms with Gasteiger partial charge in [0.1, 0.15) is 0 Å². The average Bonchev–Trinajstić information content (AvgIpc) is 0.722. The summed E-state index contributed by atoms with van der Waals surface area (Å²) in [6.07, 6.45) is 0. The molecule has 0 saturated carbocycles. The van der Waals surface area contributed by atoms with Gasteiger partial charge in [0, 0.05) is 7.43 Å². The Morgan fingerprint density at radius 1 is 0.833 bits per heavy atom. The van der Waals surface area contributed by atoms with Crippen molar-refractivity contribution >= 4 is 49.6 Å². The maximum Gasteiger partial charge on any atom is 0.205 e. The lowest BCUT2D eigenvalue weighted by atomic mass is 12.0. The molecule has 5 radical (unpaired) electrons. The van der Waals surface area contributed by atoms with Gasteiger partial charge in [0.2, 0.25) is 4.67 Å². The van der Waals surface area contributed by atoms with E-state index in [4.69, 9.17) is 45.0 Å². The Morgan fingerprint density at radius 3 is 0.833 bits per heavy atom. The molecule has 0 aliphatic rings. The van der Waals surface area contributed by atoms with E-state index in [1.165, 1.54) is 0 Å². The van der Waals surface area contributed by atoms with Crippen molar-refractivity contribution in [3.05, 3.63) is 7.43 Å². The first kappa shape index (κ1) is 10.5. The summed E-state index contributed by atoms with van der Waals surface area (Å²) in [5.41, 5.74) is 0. The SMILES string of the molecule is Cl[P](Cl)(Cl)Cl.[C]. The van der Waals surface area contributed by atoms with Crippen LogP contribution in [0.15, 0.2) is 0 Å². The first-order valence-electron chi connectivity index (χ1n) is 0.676. The lowest BCUT2D eigenvalue weighted by Crippen LogP contribution is -1.22. The van der Waals surface area contributed by atoms with Crippen molar-refractivity contribution in [1.82, 2.24) is 0 Å². The molecule has 0 nitrogen and oxygen atoms in total. The molecule has 0 aromatic carbocycles. The monoisotopic (exact) mass is 183 g/mol. The van der Waals surface area contributed by atoms with Gasteiger partial charge >= 0.3 is 0 Å². The third-order valence-electron chi connectivity index (χ3n) is 0. The molecular formula is CCl4P. The van der Waals surface area contributed by atoms with Crippen LogP contribution in [-0.4, -0.2) is 0 Å². The van der Waals surface area contributed by atoms with Crippen molar-refractivity contribution in [3.63, 3.8) is 0 Å². The molecule has 0 aliphatic carbocycles. The first-order chi connectivity index (χ1) is 2.00. The van der Waals surface area contributed by atoms with Crippen molar-refractivity contribution in [3.8, 4) is 0 Å².